The SMILES string of the molecule is CCCCCCCCC#Cc1ccc(OC(F)(F)F)c(C=O)c1. The summed E-state index contributed by atoms with van der Waals surface area (Å²) in [5.41, 5.74) is 0.348. The van der Waals surface area contributed by atoms with E-state index in [1.807, 2.05) is 0 Å². The molecule has 126 valence electrons. The molecular weight excluding hydrogens is 305 g/mol. The number of aldehydes is 1. The summed E-state index contributed by atoms with van der Waals surface area (Å²) >= 11 is 0. The molecular formula is C18H21F3O2. The Labute approximate surface area is 135 Å². The van der Waals surface area contributed by atoms with Crippen molar-refractivity contribution in [3.63, 3.8) is 0 Å². The van der Waals surface area contributed by atoms with Gasteiger partial charge in [0.05, 0.1) is 5.56 Å². The van der Waals surface area contributed by atoms with Crippen molar-refractivity contribution in [2.24, 2.45) is 0 Å². The Morgan fingerprint density at radius 3 is 2.48 bits per heavy atom. The van der Waals surface area contributed by atoms with E-state index in [1.54, 1.807) is 0 Å². The van der Waals surface area contributed by atoms with Crippen LogP contribution in [0.3, 0.4) is 0 Å². The Kier molecular flexibility index (Phi) is 8.25. The van der Waals surface area contributed by atoms with Gasteiger partial charge >= 0.3 is 6.36 Å². The second kappa shape index (κ2) is 9.94. The van der Waals surface area contributed by atoms with Crippen LogP contribution in [0.15, 0.2) is 18.2 Å². The number of benzene rings is 1. The lowest BCUT2D eigenvalue weighted by Crippen LogP contribution is -2.18. The van der Waals surface area contributed by atoms with Crippen LogP contribution in [0, 0.1) is 11.8 Å². The van der Waals surface area contributed by atoms with Crippen LogP contribution in [-0.4, -0.2) is 12.6 Å². The molecule has 0 unspecified atom stereocenters. The van der Waals surface area contributed by atoms with Crippen molar-refractivity contribution in [2.75, 3.05) is 0 Å². The molecule has 0 bridgehead atoms. The molecule has 1 rings (SSSR count). The van der Waals surface area contributed by atoms with Crippen LogP contribution < -0.4 is 4.74 Å². The van der Waals surface area contributed by atoms with Gasteiger partial charge in [-0.3, -0.25) is 4.79 Å². The van der Waals surface area contributed by atoms with Crippen LogP contribution in [0.5, 0.6) is 5.75 Å². The lowest BCUT2D eigenvalue weighted by molar-refractivity contribution is -0.274. The molecule has 2 nitrogen and oxygen atoms in total. The number of ether oxygens (including phenoxy) is 1. The predicted molar refractivity (Wildman–Crippen MR) is 83.4 cm³/mol. The zero-order chi connectivity index (χ0) is 17.1. The zero-order valence-corrected chi connectivity index (χ0v) is 13.2. The minimum Gasteiger partial charge on any atom is -0.405 e. The molecule has 1 aromatic carbocycles. The maximum atomic E-state index is 12.2. The summed E-state index contributed by atoms with van der Waals surface area (Å²) in [6, 6.07) is 3.84. The fourth-order valence-electron chi connectivity index (χ4n) is 2.09. The van der Waals surface area contributed by atoms with Gasteiger partial charge in [0.25, 0.3) is 0 Å². The fourth-order valence-corrected chi connectivity index (χ4v) is 2.09. The number of unbranched alkanes of at least 4 members (excludes halogenated alkanes) is 6. The average Bonchev–Trinajstić information content (AvgIpc) is 2.49. The highest BCUT2D eigenvalue weighted by Crippen LogP contribution is 2.26. The van der Waals surface area contributed by atoms with E-state index in [1.165, 1.54) is 37.8 Å². The summed E-state index contributed by atoms with van der Waals surface area (Å²) < 4.78 is 40.4. The number of hydrogen-bond donors (Lipinski definition) is 0. The van der Waals surface area contributed by atoms with E-state index in [-0.39, 0.29) is 5.56 Å². The van der Waals surface area contributed by atoms with Gasteiger partial charge in [-0.2, -0.15) is 0 Å². The van der Waals surface area contributed by atoms with Crippen LogP contribution in [0.4, 0.5) is 13.2 Å². The van der Waals surface area contributed by atoms with E-state index in [4.69, 9.17) is 0 Å². The molecule has 0 saturated carbocycles. The zero-order valence-electron chi connectivity index (χ0n) is 13.2. The van der Waals surface area contributed by atoms with Gasteiger partial charge in [-0.1, -0.05) is 50.9 Å². The van der Waals surface area contributed by atoms with Crippen molar-refractivity contribution in [3.8, 4) is 17.6 Å². The standard InChI is InChI=1S/C18H21F3O2/c1-2-3-4-5-6-7-8-9-10-15-11-12-17(16(13-15)14-22)23-18(19,20)21/h11-14H,2-8H2,1H3. The molecule has 0 amide bonds. The summed E-state index contributed by atoms with van der Waals surface area (Å²) in [5.74, 6) is 5.34. The molecule has 0 N–H and O–H groups in total. The van der Waals surface area contributed by atoms with Crippen LogP contribution in [-0.2, 0) is 0 Å². The minimum atomic E-state index is -4.82. The first-order valence-corrected chi connectivity index (χ1v) is 7.80. The second-order valence-corrected chi connectivity index (χ2v) is 5.24. The Balaban J connectivity index is 2.52. The number of rotatable bonds is 8. The van der Waals surface area contributed by atoms with Gasteiger partial charge < -0.3 is 4.74 Å². The molecule has 0 heterocycles. The van der Waals surface area contributed by atoms with Crippen LogP contribution in [0.25, 0.3) is 0 Å². The molecule has 0 aliphatic heterocycles. The van der Waals surface area contributed by atoms with E-state index >= 15 is 0 Å². The minimum absolute atomic E-state index is 0.159. The summed E-state index contributed by atoms with van der Waals surface area (Å²) in [6.45, 7) is 2.17. The summed E-state index contributed by atoms with van der Waals surface area (Å²) in [5, 5.41) is 0. The first-order chi connectivity index (χ1) is 11.0. The maximum Gasteiger partial charge on any atom is 0.573 e. The molecule has 0 fully saturated rings. The Hall–Kier alpha value is -1.96. The number of carbonyl (C=O) groups is 1. The smallest absolute Gasteiger partial charge is 0.405 e. The lowest BCUT2D eigenvalue weighted by Gasteiger charge is -2.10. The molecule has 0 aromatic heterocycles. The van der Waals surface area contributed by atoms with Gasteiger partial charge in [-0.25, -0.2) is 0 Å². The topological polar surface area (TPSA) is 26.3 Å². The van der Waals surface area contributed by atoms with E-state index in [0.29, 0.717) is 11.8 Å². The Bertz CT molecular complexity index is 554. The molecule has 1 aromatic rings. The fraction of sp³-hybridized carbons (Fsp3) is 0.500. The number of halogens is 3. The van der Waals surface area contributed by atoms with E-state index in [2.05, 4.69) is 23.5 Å². The molecule has 0 radical (unpaired) electrons. The van der Waals surface area contributed by atoms with Gasteiger partial charge in [0.15, 0.2) is 6.29 Å². The van der Waals surface area contributed by atoms with Crippen LogP contribution >= 0.6 is 0 Å². The Morgan fingerprint density at radius 2 is 1.83 bits per heavy atom. The monoisotopic (exact) mass is 326 g/mol. The van der Waals surface area contributed by atoms with Crippen molar-refractivity contribution in [1.82, 2.24) is 0 Å². The summed E-state index contributed by atoms with van der Waals surface area (Å²) in [7, 11) is 0. The van der Waals surface area contributed by atoms with E-state index in [0.717, 1.165) is 25.3 Å². The second-order valence-electron chi connectivity index (χ2n) is 5.24. The van der Waals surface area contributed by atoms with Crippen LogP contribution in [0.1, 0.15) is 67.8 Å². The van der Waals surface area contributed by atoms with E-state index in [9.17, 15) is 18.0 Å². The molecule has 0 aliphatic rings. The molecule has 0 spiro atoms. The lowest BCUT2D eigenvalue weighted by atomic mass is 10.1. The quantitative estimate of drug-likeness (QED) is 0.358. The highest BCUT2D eigenvalue weighted by Gasteiger charge is 2.32. The first-order valence-electron chi connectivity index (χ1n) is 7.80. The summed E-state index contributed by atoms with van der Waals surface area (Å²) in [4.78, 5) is 10.9. The van der Waals surface area contributed by atoms with Crippen molar-refractivity contribution in [3.05, 3.63) is 29.3 Å². The Morgan fingerprint density at radius 1 is 1.13 bits per heavy atom. The van der Waals surface area contributed by atoms with Gasteiger partial charge in [-0.15, -0.1) is 13.2 Å². The molecule has 0 saturated heterocycles. The normalized spacial score (nSPS) is 10.8. The number of alkyl halides is 3. The van der Waals surface area contributed by atoms with E-state index < -0.39 is 12.1 Å². The van der Waals surface area contributed by atoms with Crippen molar-refractivity contribution < 1.29 is 22.7 Å². The predicted octanol–water partition coefficient (Wildman–Crippen LogP) is 5.50. The van der Waals surface area contributed by atoms with Gasteiger partial charge in [-0.05, 0) is 24.6 Å². The maximum absolute atomic E-state index is 12.2. The third-order valence-electron chi connectivity index (χ3n) is 3.25. The first kappa shape index (κ1) is 19.1. The van der Waals surface area contributed by atoms with Gasteiger partial charge in [0.2, 0.25) is 0 Å². The highest BCUT2D eigenvalue weighted by atomic mass is 19.4. The largest absolute Gasteiger partial charge is 0.573 e. The van der Waals surface area contributed by atoms with Gasteiger partial charge in [0, 0.05) is 12.0 Å². The third kappa shape index (κ3) is 8.29. The number of carbonyl (C=O) groups excluding carboxylic acids is 1. The third-order valence-corrected chi connectivity index (χ3v) is 3.25. The van der Waals surface area contributed by atoms with Crippen molar-refractivity contribution in [1.29, 1.82) is 0 Å². The average molecular weight is 326 g/mol. The molecule has 0 aliphatic carbocycles. The van der Waals surface area contributed by atoms with Crippen LogP contribution in [0.2, 0.25) is 0 Å². The van der Waals surface area contributed by atoms with Gasteiger partial charge in [0.1, 0.15) is 5.75 Å². The van der Waals surface area contributed by atoms with Crippen molar-refractivity contribution >= 4 is 6.29 Å². The number of hydrogen-bond acceptors (Lipinski definition) is 2. The summed E-state index contributed by atoms with van der Waals surface area (Å²) in [6.07, 6.45) is 3.31. The van der Waals surface area contributed by atoms with Crippen molar-refractivity contribution in [2.45, 2.75) is 58.2 Å². The molecule has 23 heavy (non-hydrogen) atoms. The highest BCUT2D eigenvalue weighted by molar-refractivity contribution is 5.80. The molecule has 0 atom stereocenters. The molecule has 5 heteroatoms.